The molecule has 94 valence electrons. The maximum Gasteiger partial charge on any atom is 0.0929 e. The molecule has 17 heavy (non-hydrogen) atoms. The molecule has 0 saturated heterocycles. The van der Waals surface area contributed by atoms with Crippen LogP contribution in [-0.4, -0.2) is 5.11 Å². The van der Waals surface area contributed by atoms with E-state index in [1.54, 1.807) is 0 Å². The Balaban J connectivity index is 2.36. The molecular weight excluding hydrogens is 208 g/mol. The Bertz CT molecular complexity index is 357. The van der Waals surface area contributed by atoms with Gasteiger partial charge in [0.2, 0.25) is 0 Å². The van der Waals surface area contributed by atoms with E-state index in [0.717, 1.165) is 18.4 Å². The molecule has 2 rings (SSSR count). The van der Waals surface area contributed by atoms with Gasteiger partial charge in [-0.3, -0.25) is 0 Å². The zero-order valence-corrected chi connectivity index (χ0v) is 11.2. The van der Waals surface area contributed by atoms with Crippen LogP contribution in [0, 0.1) is 17.8 Å². The Kier molecular flexibility index (Phi) is 3.58. The van der Waals surface area contributed by atoms with E-state index in [2.05, 4.69) is 32.9 Å². The van der Waals surface area contributed by atoms with E-state index in [-0.39, 0.29) is 0 Å². The van der Waals surface area contributed by atoms with Crippen molar-refractivity contribution in [3.63, 3.8) is 0 Å². The predicted octanol–water partition coefficient (Wildman–Crippen LogP) is 3.97. The molecule has 0 aromatic heterocycles. The first-order chi connectivity index (χ1) is 8.04. The highest BCUT2D eigenvalue weighted by atomic mass is 16.3. The van der Waals surface area contributed by atoms with Crippen LogP contribution >= 0.6 is 0 Å². The Morgan fingerprint density at radius 2 is 1.82 bits per heavy atom. The lowest BCUT2D eigenvalue weighted by molar-refractivity contribution is -0.0865. The summed E-state index contributed by atoms with van der Waals surface area (Å²) in [5.41, 5.74) is 0.484. The molecule has 1 aromatic carbocycles. The van der Waals surface area contributed by atoms with Gasteiger partial charge in [0.1, 0.15) is 0 Å². The van der Waals surface area contributed by atoms with Crippen molar-refractivity contribution in [2.75, 3.05) is 0 Å². The maximum atomic E-state index is 11.1. The quantitative estimate of drug-likeness (QED) is 0.818. The lowest BCUT2D eigenvalue weighted by Crippen LogP contribution is -2.42. The van der Waals surface area contributed by atoms with Crippen molar-refractivity contribution in [2.45, 2.75) is 45.6 Å². The van der Waals surface area contributed by atoms with E-state index in [4.69, 9.17) is 0 Å². The number of benzene rings is 1. The van der Waals surface area contributed by atoms with Crippen LogP contribution in [0.2, 0.25) is 0 Å². The largest absolute Gasteiger partial charge is 0.385 e. The third-order valence-electron chi connectivity index (χ3n) is 4.32. The van der Waals surface area contributed by atoms with Gasteiger partial charge in [-0.1, -0.05) is 57.5 Å². The fourth-order valence-electron chi connectivity index (χ4n) is 3.43. The van der Waals surface area contributed by atoms with Crippen molar-refractivity contribution >= 4 is 0 Å². The minimum atomic E-state index is -0.618. The summed E-state index contributed by atoms with van der Waals surface area (Å²) < 4.78 is 0. The molecule has 1 saturated carbocycles. The number of aliphatic hydroxyl groups is 1. The van der Waals surface area contributed by atoms with E-state index >= 15 is 0 Å². The second-order valence-corrected chi connectivity index (χ2v) is 6.03. The standard InChI is InChI=1S/C16H24O/c1-12(2)15-10-9-13(3)11-16(15,17)14-7-5-4-6-8-14/h4-8,12-13,15,17H,9-11H2,1-3H3/t13-,15+,16+/m1/s1. The third kappa shape index (κ3) is 2.40. The first-order valence-electron chi connectivity index (χ1n) is 6.82. The van der Waals surface area contributed by atoms with E-state index in [1.165, 1.54) is 6.42 Å². The van der Waals surface area contributed by atoms with Crippen LogP contribution in [0.15, 0.2) is 30.3 Å². The number of hydrogen-bond acceptors (Lipinski definition) is 1. The SMILES string of the molecule is CC(C)[C@@H]1CC[C@@H](C)C[C@]1(O)c1ccccc1. The van der Waals surface area contributed by atoms with Gasteiger partial charge in [0.15, 0.2) is 0 Å². The third-order valence-corrected chi connectivity index (χ3v) is 4.32. The summed E-state index contributed by atoms with van der Waals surface area (Å²) in [6.45, 7) is 6.72. The Labute approximate surface area is 105 Å². The van der Waals surface area contributed by atoms with Gasteiger partial charge in [-0.2, -0.15) is 0 Å². The van der Waals surface area contributed by atoms with Crippen molar-refractivity contribution in [1.29, 1.82) is 0 Å². The molecule has 1 fully saturated rings. The van der Waals surface area contributed by atoms with E-state index in [0.29, 0.717) is 17.8 Å². The van der Waals surface area contributed by atoms with E-state index in [9.17, 15) is 5.11 Å². The van der Waals surface area contributed by atoms with E-state index in [1.807, 2.05) is 18.2 Å². The molecule has 0 amide bonds. The van der Waals surface area contributed by atoms with Crippen LogP contribution in [0.25, 0.3) is 0 Å². The molecule has 0 radical (unpaired) electrons. The Morgan fingerprint density at radius 3 is 2.41 bits per heavy atom. The minimum absolute atomic E-state index is 0.390. The van der Waals surface area contributed by atoms with Crippen LogP contribution in [0.4, 0.5) is 0 Å². The van der Waals surface area contributed by atoms with Gasteiger partial charge in [0.25, 0.3) is 0 Å². The molecule has 1 aromatic rings. The zero-order chi connectivity index (χ0) is 12.5. The summed E-state index contributed by atoms with van der Waals surface area (Å²) in [7, 11) is 0. The van der Waals surface area contributed by atoms with Gasteiger partial charge < -0.3 is 5.11 Å². The highest BCUT2D eigenvalue weighted by molar-refractivity contribution is 5.24. The summed E-state index contributed by atoms with van der Waals surface area (Å²) >= 11 is 0. The first kappa shape index (κ1) is 12.6. The fraction of sp³-hybridized carbons (Fsp3) is 0.625. The van der Waals surface area contributed by atoms with Crippen molar-refractivity contribution < 1.29 is 5.11 Å². The molecule has 1 nitrogen and oxygen atoms in total. The molecule has 1 aliphatic carbocycles. The van der Waals surface area contributed by atoms with E-state index < -0.39 is 5.60 Å². The van der Waals surface area contributed by atoms with Crippen molar-refractivity contribution in [3.8, 4) is 0 Å². The fourth-order valence-corrected chi connectivity index (χ4v) is 3.43. The Hall–Kier alpha value is -0.820. The number of hydrogen-bond donors (Lipinski definition) is 1. The van der Waals surface area contributed by atoms with Gasteiger partial charge in [-0.05, 0) is 36.2 Å². The topological polar surface area (TPSA) is 20.2 Å². The molecule has 1 aliphatic rings. The summed E-state index contributed by atoms with van der Waals surface area (Å²) in [5.74, 6) is 1.55. The lowest BCUT2D eigenvalue weighted by Gasteiger charge is -2.45. The molecular formula is C16H24O. The second-order valence-electron chi connectivity index (χ2n) is 6.03. The van der Waals surface area contributed by atoms with Crippen LogP contribution in [-0.2, 0) is 5.60 Å². The molecule has 1 heteroatoms. The predicted molar refractivity (Wildman–Crippen MR) is 71.7 cm³/mol. The maximum absolute atomic E-state index is 11.1. The Morgan fingerprint density at radius 1 is 1.18 bits per heavy atom. The van der Waals surface area contributed by atoms with Crippen molar-refractivity contribution in [3.05, 3.63) is 35.9 Å². The number of rotatable bonds is 2. The van der Waals surface area contributed by atoms with Crippen molar-refractivity contribution in [2.24, 2.45) is 17.8 Å². The molecule has 0 bridgehead atoms. The van der Waals surface area contributed by atoms with Crippen LogP contribution in [0.3, 0.4) is 0 Å². The highest BCUT2D eigenvalue weighted by Gasteiger charge is 2.43. The van der Waals surface area contributed by atoms with Crippen LogP contribution in [0.1, 0.15) is 45.6 Å². The molecule has 0 heterocycles. The second kappa shape index (κ2) is 4.81. The average molecular weight is 232 g/mol. The molecule has 0 unspecified atom stereocenters. The lowest BCUT2D eigenvalue weighted by atomic mass is 9.64. The summed E-state index contributed by atoms with van der Waals surface area (Å²) in [6, 6.07) is 10.2. The average Bonchev–Trinajstić information content (AvgIpc) is 2.29. The summed E-state index contributed by atoms with van der Waals surface area (Å²) in [5, 5.41) is 11.1. The molecule has 0 aliphatic heterocycles. The van der Waals surface area contributed by atoms with Crippen LogP contribution in [0.5, 0.6) is 0 Å². The highest BCUT2D eigenvalue weighted by Crippen LogP contribution is 2.46. The molecule has 1 N–H and O–H groups in total. The van der Waals surface area contributed by atoms with Gasteiger partial charge in [0.05, 0.1) is 5.60 Å². The minimum Gasteiger partial charge on any atom is -0.385 e. The normalized spacial score (nSPS) is 33.9. The monoisotopic (exact) mass is 232 g/mol. The van der Waals surface area contributed by atoms with Crippen LogP contribution < -0.4 is 0 Å². The van der Waals surface area contributed by atoms with Gasteiger partial charge >= 0.3 is 0 Å². The van der Waals surface area contributed by atoms with Crippen molar-refractivity contribution in [1.82, 2.24) is 0 Å². The summed E-state index contributed by atoms with van der Waals surface area (Å²) in [6.07, 6.45) is 3.29. The summed E-state index contributed by atoms with van der Waals surface area (Å²) in [4.78, 5) is 0. The van der Waals surface area contributed by atoms with Gasteiger partial charge in [0, 0.05) is 0 Å². The molecule has 3 atom stereocenters. The zero-order valence-electron chi connectivity index (χ0n) is 11.2. The van der Waals surface area contributed by atoms with Gasteiger partial charge in [-0.15, -0.1) is 0 Å². The molecule has 0 spiro atoms. The first-order valence-corrected chi connectivity index (χ1v) is 6.82. The smallest absolute Gasteiger partial charge is 0.0929 e. The van der Waals surface area contributed by atoms with Gasteiger partial charge in [-0.25, -0.2) is 0 Å².